The van der Waals surface area contributed by atoms with E-state index in [-0.39, 0.29) is 0 Å². The first-order chi connectivity index (χ1) is 10.2. The summed E-state index contributed by atoms with van der Waals surface area (Å²) in [5.41, 5.74) is 1.04. The Labute approximate surface area is 129 Å². The minimum atomic E-state index is 0.500. The van der Waals surface area contributed by atoms with E-state index in [9.17, 15) is 0 Å². The fourth-order valence-electron chi connectivity index (χ4n) is 2.77. The van der Waals surface area contributed by atoms with Crippen LogP contribution in [-0.2, 0) is 24.4 Å². The smallest absolute Gasteiger partial charge is 0.122 e. The van der Waals surface area contributed by atoms with E-state index in [1.165, 1.54) is 0 Å². The molecule has 114 valence electrons. The summed E-state index contributed by atoms with van der Waals surface area (Å²) in [6.07, 6.45) is 3.97. The van der Waals surface area contributed by atoms with Crippen molar-refractivity contribution in [1.29, 1.82) is 0 Å². The quantitative estimate of drug-likeness (QED) is 0.850. The summed E-state index contributed by atoms with van der Waals surface area (Å²) in [5, 5.41) is 3.18. The van der Waals surface area contributed by atoms with Gasteiger partial charge in [-0.25, -0.2) is 9.97 Å². The summed E-state index contributed by atoms with van der Waals surface area (Å²) in [5.74, 6) is 1.66. The number of thiazole rings is 1. The van der Waals surface area contributed by atoms with E-state index in [0.29, 0.717) is 12.5 Å². The standard InChI is InChI=1S/C15H22N4OS/c1-3-18-6-13(7-19-5-4-16-15(19)8-18)9-20-10-14-11-21-12(2)17-14/h4-5,11,13H,3,6-10H2,1-2H3/t13-/m1/s1. The van der Waals surface area contributed by atoms with Crippen molar-refractivity contribution in [2.24, 2.45) is 5.92 Å². The van der Waals surface area contributed by atoms with Crippen LogP contribution in [0.4, 0.5) is 0 Å². The first kappa shape index (κ1) is 14.7. The Morgan fingerprint density at radius 1 is 1.43 bits per heavy atom. The number of aromatic nitrogens is 3. The Morgan fingerprint density at radius 2 is 2.33 bits per heavy atom. The lowest BCUT2D eigenvalue weighted by molar-refractivity contribution is 0.0671. The second-order valence-corrected chi connectivity index (χ2v) is 6.62. The molecule has 0 fully saturated rings. The Hall–Kier alpha value is -1.24. The molecule has 1 aliphatic rings. The molecule has 1 atom stereocenters. The largest absolute Gasteiger partial charge is 0.375 e. The van der Waals surface area contributed by atoms with Crippen LogP contribution in [-0.4, -0.2) is 39.1 Å². The molecule has 2 aromatic rings. The molecule has 5 nitrogen and oxygen atoms in total. The lowest BCUT2D eigenvalue weighted by Gasteiger charge is -2.22. The molecule has 0 bridgehead atoms. The zero-order valence-corrected chi connectivity index (χ0v) is 13.5. The highest BCUT2D eigenvalue weighted by Crippen LogP contribution is 2.16. The fourth-order valence-corrected chi connectivity index (χ4v) is 3.37. The Morgan fingerprint density at radius 3 is 3.10 bits per heavy atom. The van der Waals surface area contributed by atoms with Gasteiger partial charge in [0.05, 0.1) is 30.5 Å². The number of ether oxygens (including phenoxy) is 1. The minimum absolute atomic E-state index is 0.500. The van der Waals surface area contributed by atoms with Gasteiger partial charge in [-0.3, -0.25) is 4.90 Å². The monoisotopic (exact) mass is 306 g/mol. The van der Waals surface area contributed by atoms with Crippen molar-refractivity contribution in [2.45, 2.75) is 33.5 Å². The molecular weight excluding hydrogens is 284 g/mol. The summed E-state index contributed by atoms with van der Waals surface area (Å²) in [7, 11) is 0. The fraction of sp³-hybridized carbons (Fsp3) is 0.600. The van der Waals surface area contributed by atoms with E-state index in [4.69, 9.17) is 4.74 Å². The van der Waals surface area contributed by atoms with Gasteiger partial charge in [0.15, 0.2) is 0 Å². The third kappa shape index (κ3) is 3.70. The molecule has 0 aliphatic carbocycles. The number of hydrogen-bond donors (Lipinski definition) is 0. The molecule has 2 aromatic heterocycles. The molecular formula is C15H22N4OS. The molecule has 3 heterocycles. The molecule has 21 heavy (non-hydrogen) atoms. The average molecular weight is 306 g/mol. The summed E-state index contributed by atoms with van der Waals surface area (Å²) in [4.78, 5) is 11.3. The molecule has 3 rings (SSSR count). The van der Waals surface area contributed by atoms with Crippen LogP contribution < -0.4 is 0 Å². The van der Waals surface area contributed by atoms with Crippen molar-refractivity contribution in [3.8, 4) is 0 Å². The summed E-state index contributed by atoms with van der Waals surface area (Å²) >= 11 is 1.68. The predicted molar refractivity (Wildman–Crippen MR) is 83.2 cm³/mol. The second-order valence-electron chi connectivity index (χ2n) is 5.56. The highest BCUT2D eigenvalue weighted by atomic mass is 32.1. The van der Waals surface area contributed by atoms with Crippen LogP contribution >= 0.6 is 11.3 Å². The molecule has 0 spiro atoms. The lowest BCUT2D eigenvalue weighted by atomic mass is 10.1. The van der Waals surface area contributed by atoms with Crippen LogP contribution in [0.15, 0.2) is 17.8 Å². The van der Waals surface area contributed by atoms with Crippen molar-refractivity contribution in [1.82, 2.24) is 19.4 Å². The molecule has 0 aromatic carbocycles. The number of aryl methyl sites for hydroxylation is 1. The third-order valence-electron chi connectivity index (χ3n) is 3.86. The maximum atomic E-state index is 5.90. The van der Waals surface area contributed by atoms with Crippen molar-refractivity contribution < 1.29 is 4.74 Å². The highest BCUT2D eigenvalue weighted by Gasteiger charge is 2.21. The SMILES string of the molecule is CCN1Cc2nccn2C[C@H](COCc2csc(C)n2)C1. The summed E-state index contributed by atoms with van der Waals surface area (Å²) in [6.45, 7) is 9.65. The van der Waals surface area contributed by atoms with Crippen LogP contribution in [0.25, 0.3) is 0 Å². The van der Waals surface area contributed by atoms with Crippen LogP contribution in [0.1, 0.15) is 23.4 Å². The average Bonchev–Trinajstić information content (AvgIpc) is 3.04. The maximum Gasteiger partial charge on any atom is 0.122 e. The van der Waals surface area contributed by atoms with Gasteiger partial charge in [0.2, 0.25) is 0 Å². The predicted octanol–water partition coefficient (Wildman–Crippen LogP) is 2.32. The number of rotatable bonds is 5. The third-order valence-corrected chi connectivity index (χ3v) is 4.68. The maximum absolute atomic E-state index is 5.90. The molecule has 0 unspecified atom stereocenters. The lowest BCUT2D eigenvalue weighted by Crippen LogP contribution is -2.30. The van der Waals surface area contributed by atoms with Crippen LogP contribution in [0.2, 0.25) is 0 Å². The van der Waals surface area contributed by atoms with Gasteiger partial charge in [-0.05, 0) is 13.5 Å². The Balaban J connectivity index is 1.57. The van der Waals surface area contributed by atoms with Gasteiger partial charge >= 0.3 is 0 Å². The van der Waals surface area contributed by atoms with Crippen molar-refractivity contribution in [3.05, 3.63) is 34.3 Å². The first-order valence-electron chi connectivity index (χ1n) is 7.45. The van der Waals surface area contributed by atoms with E-state index in [1.807, 2.05) is 13.1 Å². The minimum Gasteiger partial charge on any atom is -0.375 e. The Bertz CT molecular complexity index is 580. The van der Waals surface area contributed by atoms with Gasteiger partial charge < -0.3 is 9.30 Å². The summed E-state index contributed by atoms with van der Waals surface area (Å²) in [6, 6.07) is 0. The molecule has 0 N–H and O–H groups in total. The number of nitrogens with zero attached hydrogens (tertiary/aromatic N) is 4. The van der Waals surface area contributed by atoms with Gasteiger partial charge in [-0.2, -0.15) is 0 Å². The highest BCUT2D eigenvalue weighted by molar-refractivity contribution is 7.09. The van der Waals surface area contributed by atoms with Crippen molar-refractivity contribution >= 4 is 11.3 Å². The molecule has 0 saturated heterocycles. The Kier molecular flexibility index (Phi) is 4.67. The second kappa shape index (κ2) is 6.68. The van der Waals surface area contributed by atoms with E-state index in [1.54, 1.807) is 11.3 Å². The van der Waals surface area contributed by atoms with Crippen LogP contribution in [0.5, 0.6) is 0 Å². The molecule has 0 amide bonds. The van der Waals surface area contributed by atoms with Gasteiger partial charge in [0.1, 0.15) is 5.82 Å². The van der Waals surface area contributed by atoms with Gasteiger partial charge in [0, 0.05) is 36.8 Å². The number of fused-ring (bicyclic) bond motifs is 1. The van der Waals surface area contributed by atoms with E-state index in [2.05, 4.69) is 37.9 Å². The van der Waals surface area contributed by atoms with E-state index >= 15 is 0 Å². The van der Waals surface area contributed by atoms with Gasteiger partial charge in [-0.1, -0.05) is 6.92 Å². The number of imidazole rings is 1. The van der Waals surface area contributed by atoms with Crippen molar-refractivity contribution in [2.75, 3.05) is 19.7 Å². The summed E-state index contributed by atoms with van der Waals surface area (Å²) < 4.78 is 8.16. The molecule has 0 radical (unpaired) electrons. The van der Waals surface area contributed by atoms with Crippen LogP contribution in [0.3, 0.4) is 0 Å². The number of hydrogen-bond acceptors (Lipinski definition) is 5. The van der Waals surface area contributed by atoms with Gasteiger partial charge in [-0.15, -0.1) is 11.3 Å². The normalized spacial score (nSPS) is 19.4. The zero-order valence-electron chi connectivity index (χ0n) is 12.7. The topological polar surface area (TPSA) is 43.2 Å². The molecule has 6 heteroatoms. The van der Waals surface area contributed by atoms with Crippen molar-refractivity contribution in [3.63, 3.8) is 0 Å². The first-order valence-corrected chi connectivity index (χ1v) is 8.33. The molecule has 0 saturated carbocycles. The zero-order chi connectivity index (χ0) is 14.7. The van der Waals surface area contributed by atoms with Gasteiger partial charge in [0.25, 0.3) is 0 Å². The van der Waals surface area contributed by atoms with Crippen LogP contribution in [0, 0.1) is 12.8 Å². The van der Waals surface area contributed by atoms with E-state index in [0.717, 1.165) is 49.3 Å². The van der Waals surface area contributed by atoms with E-state index < -0.39 is 0 Å². The molecule has 1 aliphatic heterocycles.